The molecule has 1 heterocycles. The Morgan fingerprint density at radius 3 is 2.30 bits per heavy atom. The van der Waals surface area contributed by atoms with E-state index in [1.807, 2.05) is 54.6 Å². The number of rotatable bonds is 4. The monoisotopic (exact) mass is 369 g/mol. The molecule has 0 saturated carbocycles. The second kappa shape index (κ2) is 6.84. The molecule has 2 aromatic carbocycles. The number of aromatic nitrogens is 1. The van der Waals surface area contributed by atoms with Crippen LogP contribution in [0.4, 0.5) is 0 Å². The molecular formula is C19H16BrNO2. The van der Waals surface area contributed by atoms with Crippen molar-refractivity contribution in [1.29, 1.82) is 0 Å². The summed E-state index contributed by atoms with van der Waals surface area (Å²) in [4.78, 5) is 12.3. The number of hydrogen-bond donors (Lipinski definition) is 0. The fourth-order valence-corrected chi connectivity index (χ4v) is 2.73. The molecule has 4 heteroatoms. The number of halogens is 1. The number of pyridine rings is 1. The molecular weight excluding hydrogens is 354 g/mol. The highest BCUT2D eigenvalue weighted by molar-refractivity contribution is 9.10. The molecule has 0 aliphatic carbocycles. The largest absolute Gasteiger partial charge is 0.497 e. The maximum atomic E-state index is 12.3. The number of hydrogen-bond acceptors (Lipinski definition) is 2. The lowest BCUT2D eigenvalue weighted by Crippen LogP contribution is -2.21. The molecule has 0 atom stereocenters. The van der Waals surface area contributed by atoms with Crippen LogP contribution in [0.3, 0.4) is 0 Å². The number of nitrogens with zero attached hydrogens (tertiary/aromatic N) is 1. The van der Waals surface area contributed by atoms with Gasteiger partial charge in [-0.05, 0) is 53.6 Å². The van der Waals surface area contributed by atoms with Gasteiger partial charge in [-0.3, -0.25) is 4.79 Å². The summed E-state index contributed by atoms with van der Waals surface area (Å²) in [5, 5.41) is 0. The van der Waals surface area contributed by atoms with Crippen LogP contribution in [0.1, 0.15) is 5.56 Å². The van der Waals surface area contributed by atoms with Gasteiger partial charge in [-0.15, -0.1) is 0 Å². The molecule has 0 radical (unpaired) electrons. The van der Waals surface area contributed by atoms with Crippen LogP contribution in [0, 0.1) is 0 Å². The number of benzene rings is 2. The van der Waals surface area contributed by atoms with Crippen LogP contribution in [0.25, 0.3) is 11.3 Å². The van der Waals surface area contributed by atoms with Crippen LogP contribution in [0.5, 0.6) is 5.75 Å². The molecule has 116 valence electrons. The van der Waals surface area contributed by atoms with Gasteiger partial charge in [-0.25, -0.2) is 0 Å². The Morgan fingerprint density at radius 1 is 0.957 bits per heavy atom. The van der Waals surface area contributed by atoms with E-state index in [1.165, 1.54) is 0 Å². The van der Waals surface area contributed by atoms with Gasteiger partial charge < -0.3 is 9.30 Å². The molecule has 0 unspecified atom stereocenters. The highest BCUT2D eigenvalue weighted by Crippen LogP contribution is 2.22. The minimum atomic E-state index is -0.0127. The predicted octanol–water partition coefficient (Wildman–Crippen LogP) is 4.33. The van der Waals surface area contributed by atoms with Crippen molar-refractivity contribution in [2.75, 3.05) is 7.11 Å². The van der Waals surface area contributed by atoms with Gasteiger partial charge in [0.15, 0.2) is 0 Å². The van der Waals surface area contributed by atoms with Crippen molar-refractivity contribution in [3.05, 3.63) is 87.1 Å². The van der Waals surface area contributed by atoms with Gasteiger partial charge in [0.2, 0.25) is 0 Å². The van der Waals surface area contributed by atoms with Gasteiger partial charge in [0.25, 0.3) is 5.56 Å². The van der Waals surface area contributed by atoms with E-state index in [2.05, 4.69) is 15.9 Å². The van der Waals surface area contributed by atoms with Gasteiger partial charge in [0.05, 0.1) is 19.3 Å². The molecule has 3 nitrogen and oxygen atoms in total. The summed E-state index contributed by atoms with van der Waals surface area (Å²) in [6, 6.07) is 21.1. The maximum Gasteiger partial charge on any atom is 0.251 e. The first-order chi connectivity index (χ1) is 11.2. The summed E-state index contributed by atoms with van der Waals surface area (Å²) >= 11 is 3.43. The summed E-state index contributed by atoms with van der Waals surface area (Å²) in [5.74, 6) is 0.798. The van der Waals surface area contributed by atoms with Crippen LogP contribution in [0.15, 0.2) is 76.0 Å². The topological polar surface area (TPSA) is 31.2 Å². The van der Waals surface area contributed by atoms with Crippen molar-refractivity contribution in [2.24, 2.45) is 0 Å². The van der Waals surface area contributed by atoms with Crippen molar-refractivity contribution < 1.29 is 4.74 Å². The molecule has 23 heavy (non-hydrogen) atoms. The van der Waals surface area contributed by atoms with Crippen LogP contribution < -0.4 is 10.3 Å². The van der Waals surface area contributed by atoms with E-state index >= 15 is 0 Å². The smallest absolute Gasteiger partial charge is 0.251 e. The molecule has 3 aromatic rings. The van der Waals surface area contributed by atoms with E-state index in [0.717, 1.165) is 27.0 Å². The van der Waals surface area contributed by atoms with Gasteiger partial charge in [0.1, 0.15) is 5.75 Å². The zero-order chi connectivity index (χ0) is 16.2. The van der Waals surface area contributed by atoms with Crippen molar-refractivity contribution in [2.45, 2.75) is 6.54 Å². The van der Waals surface area contributed by atoms with Crippen molar-refractivity contribution >= 4 is 15.9 Å². The Morgan fingerprint density at radius 2 is 1.65 bits per heavy atom. The summed E-state index contributed by atoms with van der Waals surface area (Å²) in [6.45, 7) is 0.536. The second-order valence-corrected chi connectivity index (χ2v) is 6.11. The Hall–Kier alpha value is -2.33. The average Bonchev–Trinajstić information content (AvgIpc) is 2.59. The fourth-order valence-electron chi connectivity index (χ4n) is 2.47. The Kier molecular flexibility index (Phi) is 4.63. The standard InChI is InChI=1S/C19H16BrNO2/c1-23-17-11-7-15(8-12-17)18-3-2-4-19(22)21(18)13-14-5-9-16(20)10-6-14/h2-12H,13H2,1H3. The normalized spacial score (nSPS) is 10.5. The molecule has 0 N–H and O–H groups in total. The average molecular weight is 370 g/mol. The molecule has 0 amide bonds. The second-order valence-electron chi connectivity index (χ2n) is 5.19. The van der Waals surface area contributed by atoms with E-state index in [-0.39, 0.29) is 5.56 Å². The molecule has 0 saturated heterocycles. The molecule has 0 fully saturated rings. The molecule has 0 bridgehead atoms. The van der Waals surface area contributed by atoms with Crippen molar-refractivity contribution in [3.8, 4) is 17.0 Å². The fraction of sp³-hybridized carbons (Fsp3) is 0.105. The molecule has 0 aliphatic heterocycles. The highest BCUT2D eigenvalue weighted by Gasteiger charge is 2.07. The first-order valence-electron chi connectivity index (χ1n) is 7.26. The summed E-state index contributed by atoms with van der Waals surface area (Å²) in [5.41, 5.74) is 2.95. The quantitative estimate of drug-likeness (QED) is 0.684. The van der Waals surface area contributed by atoms with Gasteiger partial charge in [-0.2, -0.15) is 0 Å². The highest BCUT2D eigenvalue weighted by atomic mass is 79.9. The van der Waals surface area contributed by atoms with Gasteiger partial charge in [-0.1, -0.05) is 34.1 Å². The molecule has 1 aromatic heterocycles. The first kappa shape index (κ1) is 15.6. The van der Waals surface area contributed by atoms with Crippen LogP contribution in [0.2, 0.25) is 0 Å². The predicted molar refractivity (Wildman–Crippen MR) is 95.9 cm³/mol. The Labute approximate surface area is 143 Å². The minimum Gasteiger partial charge on any atom is -0.497 e. The number of methoxy groups -OCH3 is 1. The third-order valence-corrected chi connectivity index (χ3v) is 4.22. The lowest BCUT2D eigenvalue weighted by atomic mass is 10.1. The van der Waals surface area contributed by atoms with Crippen molar-refractivity contribution in [3.63, 3.8) is 0 Å². The lowest BCUT2D eigenvalue weighted by molar-refractivity contribution is 0.415. The maximum absolute atomic E-state index is 12.3. The molecule has 0 aliphatic rings. The van der Waals surface area contributed by atoms with Crippen molar-refractivity contribution in [1.82, 2.24) is 4.57 Å². The van der Waals surface area contributed by atoms with E-state index < -0.39 is 0 Å². The van der Waals surface area contributed by atoms with E-state index in [1.54, 1.807) is 23.8 Å². The lowest BCUT2D eigenvalue weighted by Gasteiger charge is -2.13. The van der Waals surface area contributed by atoms with Crippen LogP contribution in [-0.4, -0.2) is 11.7 Å². The third kappa shape index (κ3) is 3.54. The zero-order valence-electron chi connectivity index (χ0n) is 12.7. The van der Waals surface area contributed by atoms with E-state index in [9.17, 15) is 4.79 Å². The third-order valence-electron chi connectivity index (χ3n) is 3.69. The summed E-state index contributed by atoms with van der Waals surface area (Å²) in [7, 11) is 1.64. The van der Waals surface area contributed by atoms with Crippen LogP contribution in [-0.2, 0) is 6.54 Å². The zero-order valence-corrected chi connectivity index (χ0v) is 14.3. The van der Waals surface area contributed by atoms with E-state index in [4.69, 9.17) is 4.74 Å². The SMILES string of the molecule is COc1ccc(-c2cccc(=O)n2Cc2ccc(Br)cc2)cc1. The Balaban J connectivity index is 2.02. The summed E-state index contributed by atoms with van der Waals surface area (Å²) in [6.07, 6.45) is 0. The first-order valence-corrected chi connectivity index (χ1v) is 8.05. The number of ether oxygens (including phenoxy) is 1. The van der Waals surface area contributed by atoms with Crippen LogP contribution >= 0.6 is 15.9 Å². The van der Waals surface area contributed by atoms with E-state index in [0.29, 0.717) is 6.54 Å². The molecule has 0 spiro atoms. The van der Waals surface area contributed by atoms with Gasteiger partial charge >= 0.3 is 0 Å². The Bertz CT molecular complexity index is 852. The summed E-state index contributed by atoms with van der Waals surface area (Å²) < 4.78 is 8.00. The van der Waals surface area contributed by atoms with Gasteiger partial charge in [0, 0.05) is 10.5 Å². The minimum absolute atomic E-state index is 0.0127. The molecule has 3 rings (SSSR count).